The van der Waals surface area contributed by atoms with Crippen molar-refractivity contribution in [1.82, 2.24) is 9.55 Å². The normalized spacial score (nSPS) is 12.4. The van der Waals surface area contributed by atoms with Gasteiger partial charge in [0, 0.05) is 37.5 Å². The van der Waals surface area contributed by atoms with Crippen molar-refractivity contribution in [3.8, 4) is 0 Å². The molecule has 4 nitrogen and oxygen atoms in total. The van der Waals surface area contributed by atoms with Gasteiger partial charge >= 0.3 is 0 Å². The molecule has 1 aromatic heterocycles. The van der Waals surface area contributed by atoms with Gasteiger partial charge in [-0.1, -0.05) is 24.3 Å². The first kappa shape index (κ1) is 11.5. The number of imidazole rings is 1. The summed E-state index contributed by atoms with van der Waals surface area (Å²) in [7, 11) is 1.92. The number of carbonyl (C=O) groups excluding carboxylic acids is 1. The quantitative estimate of drug-likeness (QED) is 0.853. The second-order valence-electron chi connectivity index (χ2n) is 3.95. The SMILES string of the molecule is Cn1ccnc1CC(N)c1ccccc1[C]=O. The van der Waals surface area contributed by atoms with E-state index in [1.807, 2.05) is 36.2 Å². The lowest BCUT2D eigenvalue weighted by molar-refractivity contribution is 0.561. The van der Waals surface area contributed by atoms with Gasteiger partial charge in [-0.15, -0.1) is 0 Å². The van der Waals surface area contributed by atoms with Crippen LogP contribution in [0.15, 0.2) is 36.7 Å². The van der Waals surface area contributed by atoms with Crippen molar-refractivity contribution in [1.29, 1.82) is 0 Å². The van der Waals surface area contributed by atoms with Crippen molar-refractivity contribution in [2.75, 3.05) is 0 Å². The van der Waals surface area contributed by atoms with E-state index >= 15 is 0 Å². The molecular formula is C13H14N3O. The van der Waals surface area contributed by atoms with Crippen molar-refractivity contribution in [2.45, 2.75) is 12.5 Å². The van der Waals surface area contributed by atoms with Crippen molar-refractivity contribution in [3.05, 3.63) is 53.6 Å². The fourth-order valence-corrected chi connectivity index (χ4v) is 1.81. The van der Waals surface area contributed by atoms with Gasteiger partial charge < -0.3 is 10.3 Å². The molecule has 2 rings (SSSR count). The van der Waals surface area contributed by atoms with Gasteiger partial charge in [0.15, 0.2) is 0 Å². The van der Waals surface area contributed by atoms with E-state index in [1.165, 1.54) is 0 Å². The number of nitrogens with two attached hydrogens (primary N) is 1. The molecule has 2 aromatic rings. The highest BCUT2D eigenvalue weighted by Crippen LogP contribution is 2.17. The van der Waals surface area contributed by atoms with Crippen LogP contribution < -0.4 is 5.73 Å². The average molecular weight is 228 g/mol. The lowest BCUT2D eigenvalue weighted by atomic mass is 9.99. The van der Waals surface area contributed by atoms with Crippen molar-refractivity contribution >= 4 is 6.29 Å². The zero-order chi connectivity index (χ0) is 12.3. The van der Waals surface area contributed by atoms with Crippen molar-refractivity contribution in [2.24, 2.45) is 12.8 Å². The lowest BCUT2D eigenvalue weighted by Crippen LogP contribution is -2.17. The molecule has 0 spiro atoms. The van der Waals surface area contributed by atoms with Crippen LogP contribution in [0.25, 0.3) is 0 Å². The van der Waals surface area contributed by atoms with Gasteiger partial charge in [0.05, 0.1) is 0 Å². The number of aryl methyl sites for hydroxylation is 1. The first-order valence-electron chi connectivity index (χ1n) is 5.41. The molecule has 17 heavy (non-hydrogen) atoms. The fourth-order valence-electron chi connectivity index (χ4n) is 1.81. The van der Waals surface area contributed by atoms with Gasteiger partial charge in [0.25, 0.3) is 0 Å². The van der Waals surface area contributed by atoms with Crippen LogP contribution in [-0.2, 0) is 18.3 Å². The Hall–Kier alpha value is -1.94. The Labute approximate surface area is 100 Å². The van der Waals surface area contributed by atoms with E-state index < -0.39 is 0 Å². The van der Waals surface area contributed by atoms with Crippen molar-refractivity contribution < 1.29 is 4.79 Å². The molecule has 1 aromatic carbocycles. The number of aromatic nitrogens is 2. The molecule has 1 atom stereocenters. The molecule has 87 valence electrons. The summed E-state index contributed by atoms with van der Waals surface area (Å²) in [5, 5.41) is 0. The minimum absolute atomic E-state index is 0.242. The second kappa shape index (κ2) is 4.93. The minimum Gasteiger partial charge on any atom is -0.338 e. The summed E-state index contributed by atoms with van der Waals surface area (Å²) in [5.74, 6) is 0.901. The van der Waals surface area contributed by atoms with Crippen LogP contribution in [0, 0.1) is 0 Å². The van der Waals surface area contributed by atoms with E-state index in [2.05, 4.69) is 4.98 Å². The predicted octanol–water partition coefficient (Wildman–Crippen LogP) is 1.12. The van der Waals surface area contributed by atoms with Crippen LogP contribution >= 0.6 is 0 Å². The Morgan fingerprint density at radius 3 is 2.88 bits per heavy atom. The number of rotatable bonds is 4. The zero-order valence-corrected chi connectivity index (χ0v) is 9.63. The maximum Gasteiger partial charge on any atom is 0.233 e. The summed E-state index contributed by atoms with van der Waals surface area (Å²) in [5.41, 5.74) is 7.43. The molecule has 1 radical (unpaired) electrons. The Kier molecular flexibility index (Phi) is 3.35. The van der Waals surface area contributed by atoms with Gasteiger partial charge in [-0.05, 0) is 5.56 Å². The van der Waals surface area contributed by atoms with E-state index in [0.717, 1.165) is 11.4 Å². The molecule has 4 heteroatoms. The van der Waals surface area contributed by atoms with Crippen LogP contribution in [0.1, 0.15) is 23.0 Å². The number of hydrogen-bond donors (Lipinski definition) is 1. The van der Waals surface area contributed by atoms with E-state index in [-0.39, 0.29) is 6.04 Å². The van der Waals surface area contributed by atoms with Gasteiger partial charge in [-0.25, -0.2) is 4.98 Å². The maximum atomic E-state index is 10.8. The topological polar surface area (TPSA) is 60.9 Å². The van der Waals surface area contributed by atoms with Crippen LogP contribution in [0.2, 0.25) is 0 Å². The molecule has 0 aliphatic heterocycles. The maximum absolute atomic E-state index is 10.8. The summed E-state index contributed by atoms with van der Waals surface area (Å²) >= 11 is 0. The van der Waals surface area contributed by atoms with E-state index in [0.29, 0.717) is 12.0 Å². The first-order valence-corrected chi connectivity index (χ1v) is 5.41. The van der Waals surface area contributed by atoms with Crippen LogP contribution in [-0.4, -0.2) is 15.8 Å². The smallest absolute Gasteiger partial charge is 0.233 e. The molecule has 0 saturated heterocycles. The molecule has 0 aliphatic carbocycles. The molecule has 0 aliphatic rings. The summed E-state index contributed by atoms with van der Waals surface area (Å²) in [6.07, 6.45) is 6.12. The molecule has 0 bridgehead atoms. The molecule has 0 amide bonds. The monoisotopic (exact) mass is 228 g/mol. The molecule has 1 unspecified atom stereocenters. The van der Waals surface area contributed by atoms with Crippen molar-refractivity contribution in [3.63, 3.8) is 0 Å². The largest absolute Gasteiger partial charge is 0.338 e. The van der Waals surface area contributed by atoms with E-state index in [4.69, 9.17) is 5.73 Å². The summed E-state index contributed by atoms with van der Waals surface area (Å²) < 4.78 is 1.92. The predicted molar refractivity (Wildman–Crippen MR) is 65.1 cm³/mol. The van der Waals surface area contributed by atoms with E-state index in [9.17, 15) is 4.79 Å². The third kappa shape index (κ3) is 2.42. The third-order valence-electron chi connectivity index (χ3n) is 2.79. The van der Waals surface area contributed by atoms with Crippen LogP contribution in [0.4, 0.5) is 0 Å². The number of benzene rings is 1. The molecule has 0 saturated carbocycles. The first-order chi connectivity index (χ1) is 8.22. The standard InChI is InChI=1S/C13H14N3O/c1-16-7-6-15-13(16)8-12(14)11-5-3-2-4-10(11)9-17/h2-7,12H,8,14H2,1H3. The van der Waals surface area contributed by atoms with Gasteiger partial charge in [0.1, 0.15) is 5.82 Å². The number of hydrogen-bond acceptors (Lipinski definition) is 3. The third-order valence-corrected chi connectivity index (χ3v) is 2.79. The lowest BCUT2D eigenvalue weighted by Gasteiger charge is -2.13. The average Bonchev–Trinajstić information content (AvgIpc) is 2.75. The summed E-state index contributed by atoms with van der Waals surface area (Å²) in [6, 6.07) is 7.01. The minimum atomic E-state index is -0.242. The molecule has 2 N–H and O–H groups in total. The summed E-state index contributed by atoms with van der Waals surface area (Å²) in [4.78, 5) is 15.0. The Balaban J connectivity index is 2.23. The fraction of sp³-hybridized carbons (Fsp3) is 0.231. The molecule has 0 fully saturated rings. The highest BCUT2D eigenvalue weighted by molar-refractivity contribution is 5.77. The molecule has 1 heterocycles. The van der Waals surface area contributed by atoms with E-state index in [1.54, 1.807) is 18.3 Å². The Bertz CT molecular complexity index is 519. The molecular weight excluding hydrogens is 214 g/mol. The van der Waals surface area contributed by atoms with Crippen LogP contribution in [0.5, 0.6) is 0 Å². The van der Waals surface area contributed by atoms with Crippen LogP contribution in [0.3, 0.4) is 0 Å². The number of nitrogens with zero attached hydrogens (tertiary/aromatic N) is 2. The highest BCUT2D eigenvalue weighted by atomic mass is 16.1. The van der Waals surface area contributed by atoms with Gasteiger partial charge in [-0.2, -0.15) is 0 Å². The summed E-state index contributed by atoms with van der Waals surface area (Å²) in [6.45, 7) is 0. The zero-order valence-electron chi connectivity index (χ0n) is 9.63. The Morgan fingerprint density at radius 1 is 1.47 bits per heavy atom. The second-order valence-corrected chi connectivity index (χ2v) is 3.95. The van der Waals surface area contributed by atoms with Gasteiger partial charge in [-0.3, -0.25) is 4.79 Å². The Morgan fingerprint density at radius 2 is 2.24 bits per heavy atom. The highest BCUT2D eigenvalue weighted by Gasteiger charge is 2.13. The van der Waals surface area contributed by atoms with Gasteiger partial charge in [0.2, 0.25) is 6.29 Å².